The molecule has 37 heavy (non-hydrogen) atoms. The smallest absolute Gasteiger partial charge is 0.410 e. The molecule has 0 bridgehead atoms. The lowest BCUT2D eigenvalue weighted by molar-refractivity contribution is 0.0203. The lowest BCUT2D eigenvalue weighted by Gasteiger charge is -2.33. The number of aromatic amines is 1. The zero-order valence-electron chi connectivity index (χ0n) is 21.0. The molecule has 4 heterocycles. The van der Waals surface area contributed by atoms with Crippen LogP contribution in [0.5, 0.6) is 0 Å². The van der Waals surface area contributed by atoms with Crippen LogP contribution in [-0.4, -0.2) is 50.3 Å². The van der Waals surface area contributed by atoms with Gasteiger partial charge < -0.3 is 29.7 Å². The summed E-state index contributed by atoms with van der Waals surface area (Å²) in [6, 6.07) is 10.1. The van der Waals surface area contributed by atoms with E-state index in [4.69, 9.17) is 14.3 Å². The average molecular weight is 507 g/mol. The van der Waals surface area contributed by atoms with Gasteiger partial charge in [0, 0.05) is 25.1 Å². The Kier molecular flexibility index (Phi) is 6.36. The standard InChI is InChI=1S/C26H30N6O5/c1-26(2,3)37-25(35)31-11-9-16(10-12-31)20-14-21(33)29-23-22-18(7-4-8-19(22)30-32(20)23)28-24(34)27-15-17-6-5-13-36-17/h4-8,13-14,16H,9-12,15H2,1-3H3,(H,29,33)(H2,27,28,34). The average Bonchev–Trinajstić information content (AvgIpc) is 3.50. The second kappa shape index (κ2) is 9.64. The number of carbonyl (C=O) groups excluding carboxylic acids is 2. The minimum atomic E-state index is -0.552. The van der Waals surface area contributed by atoms with E-state index in [1.54, 1.807) is 46.0 Å². The van der Waals surface area contributed by atoms with Crippen molar-refractivity contribution in [3.8, 4) is 0 Å². The lowest BCUT2D eigenvalue weighted by atomic mass is 9.93. The van der Waals surface area contributed by atoms with Crippen LogP contribution in [0.2, 0.25) is 0 Å². The zero-order valence-corrected chi connectivity index (χ0v) is 21.0. The minimum Gasteiger partial charge on any atom is -0.467 e. The Labute approximate surface area is 212 Å². The number of ether oxygens (including phenoxy) is 1. The van der Waals surface area contributed by atoms with Gasteiger partial charge in [-0.3, -0.25) is 4.79 Å². The lowest BCUT2D eigenvalue weighted by Crippen LogP contribution is -2.41. The number of nitrogens with one attached hydrogen (secondary N) is 3. The molecular formula is C26H30N6O5. The molecule has 1 aliphatic rings. The van der Waals surface area contributed by atoms with Gasteiger partial charge in [-0.2, -0.15) is 5.10 Å². The summed E-state index contributed by atoms with van der Waals surface area (Å²) >= 11 is 0. The van der Waals surface area contributed by atoms with Crippen LogP contribution in [0, 0.1) is 0 Å². The Morgan fingerprint density at radius 2 is 1.97 bits per heavy atom. The van der Waals surface area contributed by atoms with Crippen LogP contribution < -0.4 is 16.2 Å². The molecule has 3 amide bonds. The quantitative estimate of drug-likeness (QED) is 0.380. The van der Waals surface area contributed by atoms with E-state index in [-0.39, 0.29) is 24.1 Å². The maximum atomic E-state index is 12.7. The molecule has 0 unspecified atom stereocenters. The third kappa shape index (κ3) is 5.30. The maximum Gasteiger partial charge on any atom is 0.410 e. The number of rotatable bonds is 4. The van der Waals surface area contributed by atoms with Gasteiger partial charge in [0.15, 0.2) is 0 Å². The van der Waals surface area contributed by atoms with Crippen molar-refractivity contribution in [1.82, 2.24) is 24.8 Å². The van der Waals surface area contributed by atoms with Gasteiger partial charge in [-0.1, -0.05) is 6.07 Å². The van der Waals surface area contributed by atoms with Crippen molar-refractivity contribution in [2.24, 2.45) is 0 Å². The molecule has 0 atom stereocenters. The summed E-state index contributed by atoms with van der Waals surface area (Å²) in [5.41, 5.74) is 1.63. The molecule has 0 spiro atoms. The van der Waals surface area contributed by atoms with E-state index >= 15 is 0 Å². The number of carbonyl (C=O) groups is 2. The molecule has 0 radical (unpaired) electrons. The number of benzene rings is 1. The fourth-order valence-corrected chi connectivity index (χ4v) is 4.61. The van der Waals surface area contributed by atoms with Crippen LogP contribution in [-0.2, 0) is 11.3 Å². The molecule has 1 saturated heterocycles. The van der Waals surface area contributed by atoms with Crippen molar-refractivity contribution in [3.05, 3.63) is 64.5 Å². The van der Waals surface area contributed by atoms with Gasteiger partial charge in [0.05, 0.1) is 35.1 Å². The Hall–Kier alpha value is -4.28. The van der Waals surface area contributed by atoms with Crippen LogP contribution in [0.4, 0.5) is 15.3 Å². The number of nitrogens with zero attached hydrogens (tertiary/aromatic N) is 3. The van der Waals surface area contributed by atoms with Crippen molar-refractivity contribution in [3.63, 3.8) is 0 Å². The zero-order chi connectivity index (χ0) is 26.2. The first-order valence-electron chi connectivity index (χ1n) is 12.3. The van der Waals surface area contributed by atoms with Gasteiger partial charge in [-0.05, 0) is 57.9 Å². The van der Waals surface area contributed by atoms with E-state index in [1.165, 1.54) is 0 Å². The van der Waals surface area contributed by atoms with E-state index in [9.17, 15) is 14.4 Å². The van der Waals surface area contributed by atoms with Crippen LogP contribution in [0.15, 0.2) is 51.9 Å². The molecule has 1 fully saturated rings. The van der Waals surface area contributed by atoms with E-state index in [1.807, 2.05) is 26.8 Å². The first-order valence-corrected chi connectivity index (χ1v) is 12.3. The summed E-state index contributed by atoms with van der Waals surface area (Å²) in [7, 11) is 0. The number of hydrogen-bond acceptors (Lipinski definition) is 6. The number of hydrogen-bond donors (Lipinski definition) is 3. The molecule has 0 aliphatic carbocycles. The van der Waals surface area contributed by atoms with Gasteiger partial charge >= 0.3 is 12.1 Å². The molecule has 11 nitrogen and oxygen atoms in total. The van der Waals surface area contributed by atoms with Crippen molar-refractivity contribution < 1.29 is 18.7 Å². The van der Waals surface area contributed by atoms with Crippen molar-refractivity contribution in [2.75, 3.05) is 18.4 Å². The number of piperidine rings is 1. The van der Waals surface area contributed by atoms with E-state index in [0.29, 0.717) is 53.9 Å². The topological polar surface area (TPSA) is 134 Å². The molecule has 11 heteroatoms. The second-order valence-corrected chi connectivity index (χ2v) is 10.1. The van der Waals surface area contributed by atoms with Crippen LogP contribution in [0.3, 0.4) is 0 Å². The molecule has 3 N–H and O–H groups in total. The Bertz CT molecular complexity index is 1490. The molecular weight excluding hydrogens is 476 g/mol. The summed E-state index contributed by atoms with van der Waals surface area (Å²) in [4.78, 5) is 42.3. The maximum absolute atomic E-state index is 12.7. The number of furan rings is 1. The fraction of sp³-hybridized carbons (Fsp3) is 0.385. The van der Waals surface area contributed by atoms with E-state index in [0.717, 1.165) is 5.69 Å². The predicted molar refractivity (Wildman–Crippen MR) is 138 cm³/mol. The number of amides is 3. The largest absolute Gasteiger partial charge is 0.467 e. The normalized spacial score (nSPS) is 14.7. The van der Waals surface area contributed by atoms with Crippen molar-refractivity contribution in [1.29, 1.82) is 0 Å². The summed E-state index contributed by atoms with van der Waals surface area (Å²) in [5, 5.41) is 11.0. The van der Waals surface area contributed by atoms with Crippen LogP contribution in [0.25, 0.3) is 16.6 Å². The van der Waals surface area contributed by atoms with Gasteiger partial charge in [0.2, 0.25) is 0 Å². The summed E-state index contributed by atoms with van der Waals surface area (Å²) in [5.74, 6) is 0.668. The van der Waals surface area contributed by atoms with Gasteiger partial charge in [-0.15, -0.1) is 0 Å². The summed E-state index contributed by atoms with van der Waals surface area (Å²) in [6.07, 6.45) is 2.57. The van der Waals surface area contributed by atoms with Crippen molar-refractivity contribution >= 4 is 34.4 Å². The first kappa shape index (κ1) is 24.4. The van der Waals surface area contributed by atoms with Crippen LogP contribution in [0.1, 0.15) is 51.0 Å². The predicted octanol–water partition coefficient (Wildman–Crippen LogP) is 4.21. The number of anilines is 1. The highest BCUT2D eigenvalue weighted by molar-refractivity contribution is 6.07. The summed E-state index contributed by atoms with van der Waals surface area (Å²) < 4.78 is 12.5. The van der Waals surface area contributed by atoms with Gasteiger partial charge in [-0.25, -0.2) is 14.1 Å². The second-order valence-electron chi connectivity index (χ2n) is 10.1. The van der Waals surface area contributed by atoms with E-state index < -0.39 is 11.6 Å². The third-order valence-electron chi connectivity index (χ3n) is 6.28. The Morgan fingerprint density at radius 1 is 1.19 bits per heavy atom. The first-order chi connectivity index (χ1) is 17.7. The molecule has 194 valence electrons. The highest BCUT2D eigenvalue weighted by Gasteiger charge is 2.29. The van der Waals surface area contributed by atoms with Crippen LogP contribution >= 0.6 is 0 Å². The Balaban J connectivity index is 1.39. The number of H-pyrrole nitrogens is 1. The number of fused-ring (bicyclic) bond motifs is 3. The fourth-order valence-electron chi connectivity index (χ4n) is 4.61. The van der Waals surface area contributed by atoms with Crippen molar-refractivity contribution in [2.45, 2.75) is 51.7 Å². The number of likely N-dealkylation sites (tertiary alicyclic amines) is 1. The van der Waals surface area contributed by atoms with E-state index in [2.05, 4.69) is 15.6 Å². The molecule has 4 aromatic rings. The number of aromatic nitrogens is 3. The molecule has 3 aromatic heterocycles. The van der Waals surface area contributed by atoms with Gasteiger partial charge in [0.25, 0.3) is 5.56 Å². The highest BCUT2D eigenvalue weighted by Crippen LogP contribution is 2.32. The Morgan fingerprint density at radius 3 is 2.68 bits per heavy atom. The highest BCUT2D eigenvalue weighted by atomic mass is 16.6. The number of urea groups is 1. The minimum absolute atomic E-state index is 0.0332. The molecule has 1 aromatic carbocycles. The SMILES string of the molecule is CC(C)(C)OC(=O)N1CCC(c2cc(=O)[nH]c3c4c(NC(=O)NCc5ccco5)cccc4nn23)CC1. The van der Waals surface area contributed by atoms with Gasteiger partial charge in [0.1, 0.15) is 17.0 Å². The molecule has 5 rings (SSSR count). The summed E-state index contributed by atoms with van der Waals surface area (Å²) in [6.45, 7) is 6.83. The molecule has 1 aliphatic heterocycles. The monoisotopic (exact) mass is 506 g/mol. The third-order valence-corrected chi connectivity index (χ3v) is 6.28. The molecule has 0 saturated carbocycles.